The minimum absolute atomic E-state index is 0.173. The highest BCUT2D eigenvalue weighted by atomic mass is 79.9. The first-order chi connectivity index (χ1) is 9.79. The van der Waals surface area contributed by atoms with Crippen LogP contribution < -0.4 is 4.74 Å². The SMILES string of the molecule is O=C(C1Cc2ccccc2O1)N(CCCBr)C1CCC1. The van der Waals surface area contributed by atoms with E-state index in [-0.39, 0.29) is 12.0 Å². The van der Waals surface area contributed by atoms with Gasteiger partial charge in [-0.3, -0.25) is 4.79 Å². The first-order valence-corrected chi connectivity index (χ1v) is 8.53. The zero-order valence-corrected chi connectivity index (χ0v) is 13.1. The van der Waals surface area contributed by atoms with Crippen LogP contribution in [0.4, 0.5) is 0 Å². The average Bonchev–Trinajstić information content (AvgIpc) is 2.84. The van der Waals surface area contributed by atoms with Crippen LogP contribution in [0.25, 0.3) is 0 Å². The predicted octanol–water partition coefficient (Wildman–Crippen LogP) is 3.16. The molecule has 20 heavy (non-hydrogen) atoms. The number of carbonyl (C=O) groups excluding carboxylic acids is 1. The van der Waals surface area contributed by atoms with E-state index >= 15 is 0 Å². The topological polar surface area (TPSA) is 29.5 Å². The van der Waals surface area contributed by atoms with Gasteiger partial charge in [0, 0.05) is 24.3 Å². The fourth-order valence-electron chi connectivity index (χ4n) is 2.91. The Bertz CT molecular complexity index is 462. The lowest BCUT2D eigenvalue weighted by Gasteiger charge is -2.38. The highest BCUT2D eigenvalue weighted by molar-refractivity contribution is 9.09. The molecule has 1 fully saturated rings. The van der Waals surface area contributed by atoms with Crippen LogP contribution in [0, 0.1) is 0 Å². The fraction of sp³-hybridized carbons (Fsp3) is 0.562. The average molecular weight is 338 g/mol. The van der Waals surface area contributed by atoms with Gasteiger partial charge < -0.3 is 9.64 Å². The summed E-state index contributed by atoms with van der Waals surface area (Å²) in [7, 11) is 0. The number of para-hydroxylation sites is 1. The van der Waals surface area contributed by atoms with Crippen molar-refractivity contribution in [3.8, 4) is 5.75 Å². The van der Waals surface area contributed by atoms with Gasteiger partial charge in [0.25, 0.3) is 5.91 Å². The van der Waals surface area contributed by atoms with Gasteiger partial charge in [-0.05, 0) is 37.3 Å². The number of benzene rings is 1. The molecule has 0 aromatic heterocycles. The summed E-state index contributed by atoms with van der Waals surface area (Å²) < 4.78 is 5.85. The Morgan fingerprint density at radius 3 is 2.80 bits per heavy atom. The van der Waals surface area contributed by atoms with Crippen LogP contribution in [0.3, 0.4) is 0 Å². The number of ether oxygens (including phenoxy) is 1. The molecule has 2 aliphatic rings. The minimum Gasteiger partial charge on any atom is -0.480 e. The van der Waals surface area contributed by atoms with E-state index in [1.807, 2.05) is 18.2 Å². The summed E-state index contributed by atoms with van der Waals surface area (Å²) in [5.41, 5.74) is 1.15. The highest BCUT2D eigenvalue weighted by Crippen LogP contribution is 2.31. The van der Waals surface area contributed by atoms with Crippen molar-refractivity contribution in [1.29, 1.82) is 0 Å². The molecule has 3 rings (SSSR count). The van der Waals surface area contributed by atoms with Crippen molar-refractivity contribution < 1.29 is 9.53 Å². The molecule has 1 aromatic rings. The van der Waals surface area contributed by atoms with Crippen LogP contribution in [0.15, 0.2) is 24.3 Å². The molecule has 108 valence electrons. The van der Waals surface area contributed by atoms with Gasteiger partial charge in [0.1, 0.15) is 5.75 Å². The van der Waals surface area contributed by atoms with Crippen molar-refractivity contribution in [2.75, 3.05) is 11.9 Å². The van der Waals surface area contributed by atoms with Crippen molar-refractivity contribution >= 4 is 21.8 Å². The molecular weight excluding hydrogens is 318 g/mol. The van der Waals surface area contributed by atoms with Gasteiger partial charge in [-0.2, -0.15) is 0 Å². The van der Waals surface area contributed by atoms with Gasteiger partial charge in [0.2, 0.25) is 0 Å². The van der Waals surface area contributed by atoms with E-state index in [1.165, 1.54) is 6.42 Å². The summed E-state index contributed by atoms with van der Waals surface area (Å²) in [5.74, 6) is 1.05. The second kappa shape index (κ2) is 6.17. The Morgan fingerprint density at radius 1 is 1.35 bits per heavy atom. The number of hydrogen-bond acceptors (Lipinski definition) is 2. The zero-order valence-electron chi connectivity index (χ0n) is 11.6. The quantitative estimate of drug-likeness (QED) is 0.772. The van der Waals surface area contributed by atoms with Crippen LogP contribution in [0.5, 0.6) is 5.75 Å². The standard InChI is InChI=1S/C16H20BrNO2/c17-9-4-10-18(13-6-3-7-13)16(19)15-11-12-5-1-2-8-14(12)20-15/h1-2,5,8,13,15H,3-4,6-7,9-11H2. The van der Waals surface area contributed by atoms with Gasteiger partial charge in [-0.1, -0.05) is 34.1 Å². The van der Waals surface area contributed by atoms with Crippen LogP contribution >= 0.6 is 15.9 Å². The third-order valence-electron chi connectivity index (χ3n) is 4.25. The maximum atomic E-state index is 12.7. The molecule has 1 unspecified atom stereocenters. The summed E-state index contributed by atoms with van der Waals surface area (Å²) >= 11 is 3.45. The summed E-state index contributed by atoms with van der Waals surface area (Å²) in [6.45, 7) is 0.838. The molecule has 1 saturated carbocycles. The summed E-state index contributed by atoms with van der Waals surface area (Å²) in [5, 5.41) is 0.940. The van der Waals surface area contributed by atoms with E-state index in [4.69, 9.17) is 4.74 Å². The second-order valence-electron chi connectivity index (χ2n) is 5.58. The van der Waals surface area contributed by atoms with Crippen LogP contribution in [-0.4, -0.2) is 34.8 Å². The largest absolute Gasteiger partial charge is 0.480 e. The molecule has 0 spiro atoms. The maximum Gasteiger partial charge on any atom is 0.264 e. The molecule has 1 aliphatic carbocycles. The third kappa shape index (κ3) is 2.71. The number of halogens is 1. The molecule has 3 nitrogen and oxygen atoms in total. The number of carbonyl (C=O) groups is 1. The number of hydrogen-bond donors (Lipinski definition) is 0. The van der Waals surface area contributed by atoms with Crippen molar-refractivity contribution in [3.05, 3.63) is 29.8 Å². The molecule has 1 aliphatic heterocycles. The normalized spacial score (nSPS) is 20.9. The van der Waals surface area contributed by atoms with Gasteiger partial charge >= 0.3 is 0 Å². The molecule has 1 aromatic carbocycles. The zero-order chi connectivity index (χ0) is 13.9. The molecule has 0 N–H and O–H groups in total. The molecule has 4 heteroatoms. The maximum absolute atomic E-state index is 12.7. The van der Waals surface area contributed by atoms with Crippen molar-refractivity contribution in [2.24, 2.45) is 0 Å². The minimum atomic E-state index is -0.316. The lowest BCUT2D eigenvalue weighted by Crippen LogP contribution is -2.50. The number of nitrogens with zero attached hydrogens (tertiary/aromatic N) is 1. The Balaban J connectivity index is 1.68. The Morgan fingerprint density at radius 2 is 2.15 bits per heavy atom. The highest BCUT2D eigenvalue weighted by Gasteiger charge is 2.36. The summed E-state index contributed by atoms with van der Waals surface area (Å²) in [6.07, 6.45) is 4.94. The second-order valence-corrected chi connectivity index (χ2v) is 6.37. The lowest BCUT2D eigenvalue weighted by molar-refractivity contribution is -0.142. The van der Waals surface area contributed by atoms with Crippen LogP contribution in [-0.2, 0) is 11.2 Å². The van der Waals surface area contributed by atoms with Crippen LogP contribution in [0.2, 0.25) is 0 Å². The van der Waals surface area contributed by atoms with E-state index in [1.54, 1.807) is 0 Å². The summed E-state index contributed by atoms with van der Waals surface area (Å²) in [6, 6.07) is 8.40. The first kappa shape index (κ1) is 13.9. The van der Waals surface area contributed by atoms with E-state index in [9.17, 15) is 4.79 Å². The molecule has 0 bridgehead atoms. The molecule has 0 saturated heterocycles. The molecule has 1 amide bonds. The number of fused-ring (bicyclic) bond motifs is 1. The first-order valence-electron chi connectivity index (χ1n) is 7.40. The van der Waals surface area contributed by atoms with E-state index in [0.29, 0.717) is 12.5 Å². The number of amides is 1. The molecular formula is C16H20BrNO2. The summed E-state index contributed by atoms with van der Waals surface area (Å²) in [4.78, 5) is 14.8. The van der Waals surface area contributed by atoms with E-state index < -0.39 is 0 Å². The Labute approximate surface area is 128 Å². The van der Waals surface area contributed by atoms with Gasteiger partial charge in [-0.15, -0.1) is 0 Å². The number of rotatable bonds is 5. The van der Waals surface area contributed by atoms with Gasteiger partial charge in [0.15, 0.2) is 6.10 Å². The fourth-order valence-corrected chi connectivity index (χ4v) is 3.16. The van der Waals surface area contributed by atoms with Crippen molar-refractivity contribution in [3.63, 3.8) is 0 Å². The molecule has 1 atom stereocenters. The monoisotopic (exact) mass is 337 g/mol. The smallest absolute Gasteiger partial charge is 0.264 e. The molecule has 1 heterocycles. The predicted molar refractivity (Wildman–Crippen MR) is 82.3 cm³/mol. The van der Waals surface area contributed by atoms with E-state index in [2.05, 4.69) is 26.9 Å². The van der Waals surface area contributed by atoms with Gasteiger partial charge in [0.05, 0.1) is 0 Å². The van der Waals surface area contributed by atoms with E-state index in [0.717, 1.165) is 42.5 Å². The number of alkyl halides is 1. The Hall–Kier alpha value is -1.03. The third-order valence-corrected chi connectivity index (χ3v) is 4.81. The van der Waals surface area contributed by atoms with Gasteiger partial charge in [-0.25, -0.2) is 0 Å². The lowest BCUT2D eigenvalue weighted by atomic mass is 9.90. The van der Waals surface area contributed by atoms with Crippen LogP contribution in [0.1, 0.15) is 31.2 Å². The van der Waals surface area contributed by atoms with Crippen molar-refractivity contribution in [1.82, 2.24) is 4.90 Å². The Kier molecular flexibility index (Phi) is 4.29. The molecule has 0 radical (unpaired) electrons. The van der Waals surface area contributed by atoms with Crippen molar-refractivity contribution in [2.45, 2.75) is 44.2 Å².